The van der Waals surface area contributed by atoms with Crippen LogP contribution in [0.4, 0.5) is 0 Å². The van der Waals surface area contributed by atoms with E-state index in [1.807, 2.05) is 0 Å². The van der Waals surface area contributed by atoms with Crippen molar-refractivity contribution in [3.63, 3.8) is 0 Å². The van der Waals surface area contributed by atoms with Crippen LogP contribution in [0.1, 0.15) is 13.8 Å². The Labute approximate surface area is 129 Å². The van der Waals surface area contributed by atoms with Gasteiger partial charge in [-0.3, -0.25) is 0 Å². The molecule has 0 aliphatic rings. The Balaban J connectivity index is 2.29. The average molecular weight is 320 g/mol. The Morgan fingerprint density at radius 3 is 2.55 bits per heavy atom. The number of rotatable bonds is 8. The van der Waals surface area contributed by atoms with E-state index in [9.17, 15) is 4.79 Å². The lowest BCUT2D eigenvalue weighted by Gasteiger charge is -2.17. The van der Waals surface area contributed by atoms with Crippen LogP contribution in [-0.2, 0) is 9.53 Å². The third-order valence-electron chi connectivity index (χ3n) is 2.80. The first-order valence-corrected chi connectivity index (χ1v) is 7.28. The van der Waals surface area contributed by atoms with Crippen LogP contribution < -0.4 is 4.74 Å². The van der Waals surface area contributed by atoms with E-state index in [-0.39, 0.29) is 6.61 Å². The van der Waals surface area contributed by atoms with E-state index in [0.717, 1.165) is 19.6 Å². The quantitative estimate of drug-likeness (QED) is 0.689. The third-order valence-corrected chi connectivity index (χ3v) is 3.33. The van der Waals surface area contributed by atoms with Crippen LogP contribution in [0, 0.1) is 0 Å². The molecule has 4 nitrogen and oxygen atoms in total. The summed E-state index contributed by atoms with van der Waals surface area (Å²) in [7, 11) is 0. The molecule has 0 fully saturated rings. The highest BCUT2D eigenvalue weighted by Crippen LogP contribution is 2.27. The van der Waals surface area contributed by atoms with E-state index < -0.39 is 5.97 Å². The maximum atomic E-state index is 11.5. The molecule has 0 atom stereocenters. The van der Waals surface area contributed by atoms with Crippen LogP contribution in [0.5, 0.6) is 5.75 Å². The zero-order valence-corrected chi connectivity index (χ0v) is 13.2. The largest absolute Gasteiger partial charge is 0.480 e. The first-order chi connectivity index (χ1) is 9.56. The van der Waals surface area contributed by atoms with Crippen molar-refractivity contribution in [2.24, 2.45) is 0 Å². The number of ether oxygens (including phenoxy) is 2. The standard InChI is InChI=1S/C14H19Cl2NO3/c1-3-17(4-2)7-8-19-14(18)10-20-13-6-5-11(15)9-12(13)16/h5-6,9H,3-4,7-8,10H2,1-2H3. The highest BCUT2D eigenvalue weighted by atomic mass is 35.5. The second kappa shape index (κ2) is 9.06. The van der Waals surface area contributed by atoms with E-state index in [0.29, 0.717) is 22.4 Å². The van der Waals surface area contributed by atoms with Gasteiger partial charge in [-0.05, 0) is 31.3 Å². The fourth-order valence-electron chi connectivity index (χ4n) is 1.60. The topological polar surface area (TPSA) is 38.8 Å². The van der Waals surface area contributed by atoms with Crippen molar-refractivity contribution in [2.75, 3.05) is 32.8 Å². The predicted molar refractivity (Wildman–Crippen MR) is 80.7 cm³/mol. The normalized spacial score (nSPS) is 10.7. The van der Waals surface area contributed by atoms with Crippen molar-refractivity contribution in [1.29, 1.82) is 0 Å². The van der Waals surface area contributed by atoms with Gasteiger partial charge in [0, 0.05) is 11.6 Å². The van der Waals surface area contributed by atoms with E-state index in [1.54, 1.807) is 18.2 Å². The highest BCUT2D eigenvalue weighted by molar-refractivity contribution is 6.35. The van der Waals surface area contributed by atoms with E-state index in [1.165, 1.54) is 0 Å². The summed E-state index contributed by atoms with van der Waals surface area (Å²) in [5, 5.41) is 0.887. The lowest BCUT2D eigenvalue weighted by atomic mass is 10.3. The molecule has 0 saturated heterocycles. The molecule has 0 spiro atoms. The Morgan fingerprint density at radius 1 is 1.25 bits per heavy atom. The summed E-state index contributed by atoms with van der Waals surface area (Å²) in [5.41, 5.74) is 0. The van der Waals surface area contributed by atoms with Crippen molar-refractivity contribution in [1.82, 2.24) is 4.90 Å². The molecule has 0 N–H and O–H groups in total. The molecule has 112 valence electrons. The van der Waals surface area contributed by atoms with Crippen molar-refractivity contribution < 1.29 is 14.3 Å². The molecule has 0 radical (unpaired) electrons. The van der Waals surface area contributed by atoms with Crippen LogP contribution in [0.15, 0.2) is 18.2 Å². The Morgan fingerprint density at radius 2 is 1.95 bits per heavy atom. The van der Waals surface area contributed by atoms with Crippen molar-refractivity contribution in [2.45, 2.75) is 13.8 Å². The number of hydrogen-bond donors (Lipinski definition) is 0. The fraction of sp³-hybridized carbons (Fsp3) is 0.500. The Kier molecular flexibility index (Phi) is 7.73. The van der Waals surface area contributed by atoms with Crippen molar-refractivity contribution >= 4 is 29.2 Å². The summed E-state index contributed by atoms with van der Waals surface area (Å²) in [6.45, 7) is 6.92. The number of likely N-dealkylation sites (N-methyl/N-ethyl adjacent to an activating group) is 1. The van der Waals surface area contributed by atoms with Crippen molar-refractivity contribution in [3.05, 3.63) is 28.2 Å². The minimum absolute atomic E-state index is 0.167. The van der Waals surface area contributed by atoms with E-state index in [2.05, 4.69) is 18.7 Å². The minimum Gasteiger partial charge on any atom is -0.480 e. The molecule has 0 amide bonds. The zero-order chi connectivity index (χ0) is 15.0. The van der Waals surface area contributed by atoms with Crippen LogP contribution in [0.3, 0.4) is 0 Å². The van der Waals surface area contributed by atoms with Crippen LogP contribution >= 0.6 is 23.2 Å². The summed E-state index contributed by atoms with van der Waals surface area (Å²) < 4.78 is 10.4. The second-order valence-corrected chi connectivity index (χ2v) is 4.95. The Hall–Kier alpha value is -0.970. The summed E-state index contributed by atoms with van der Waals surface area (Å²) in [5.74, 6) is -0.0000626. The molecule has 0 aromatic heterocycles. The van der Waals surface area contributed by atoms with Gasteiger partial charge >= 0.3 is 5.97 Å². The molecule has 0 unspecified atom stereocenters. The van der Waals surface area contributed by atoms with Crippen LogP contribution in [0.25, 0.3) is 0 Å². The van der Waals surface area contributed by atoms with Crippen LogP contribution in [0.2, 0.25) is 10.0 Å². The number of esters is 1. The second-order valence-electron chi connectivity index (χ2n) is 4.11. The van der Waals surface area contributed by atoms with Gasteiger partial charge < -0.3 is 14.4 Å². The minimum atomic E-state index is -0.414. The lowest BCUT2D eigenvalue weighted by Crippen LogP contribution is -2.28. The number of halogens is 2. The Bertz CT molecular complexity index is 436. The van der Waals surface area contributed by atoms with Gasteiger partial charge in [-0.2, -0.15) is 0 Å². The summed E-state index contributed by atoms with van der Waals surface area (Å²) in [6, 6.07) is 4.83. The van der Waals surface area contributed by atoms with Gasteiger partial charge in [-0.1, -0.05) is 37.0 Å². The van der Waals surface area contributed by atoms with E-state index in [4.69, 9.17) is 32.7 Å². The molecule has 0 bridgehead atoms. The molecule has 0 aliphatic carbocycles. The summed E-state index contributed by atoms with van der Waals surface area (Å²) >= 11 is 11.7. The molecule has 0 aliphatic heterocycles. The smallest absolute Gasteiger partial charge is 0.344 e. The van der Waals surface area contributed by atoms with Crippen molar-refractivity contribution in [3.8, 4) is 5.75 Å². The monoisotopic (exact) mass is 319 g/mol. The number of carbonyl (C=O) groups is 1. The molecule has 1 rings (SSSR count). The molecular weight excluding hydrogens is 301 g/mol. The molecule has 6 heteroatoms. The van der Waals surface area contributed by atoms with Gasteiger partial charge in [0.15, 0.2) is 6.61 Å². The number of nitrogens with zero attached hydrogens (tertiary/aromatic N) is 1. The summed E-state index contributed by atoms with van der Waals surface area (Å²) in [4.78, 5) is 13.7. The van der Waals surface area contributed by atoms with Gasteiger partial charge in [0.1, 0.15) is 12.4 Å². The molecular formula is C14H19Cl2NO3. The highest BCUT2D eigenvalue weighted by Gasteiger charge is 2.08. The number of benzene rings is 1. The molecule has 0 saturated carbocycles. The fourth-order valence-corrected chi connectivity index (χ4v) is 2.06. The van der Waals surface area contributed by atoms with Crippen LogP contribution in [-0.4, -0.2) is 43.7 Å². The number of carbonyl (C=O) groups excluding carboxylic acids is 1. The first kappa shape index (κ1) is 17.1. The van der Waals surface area contributed by atoms with Gasteiger partial charge in [0.25, 0.3) is 0 Å². The summed E-state index contributed by atoms with van der Waals surface area (Å²) in [6.07, 6.45) is 0. The molecule has 1 aromatic rings. The first-order valence-electron chi connectivity index (χ1n) is 6.52. The van der Waals surface area contributed by atoms with Gasteiger partial charge in [0.05, 0.1) is 5.02 Å². The van der Waals surface area contributed by atoms with Gasteiger partial charge in [0.2, 0.25) is 0 Å². The zero-order valence-electron chi connectivity index (χ0n) is 11.7. The molecule has 1 aromatic carbocycles. The SMILES string of the molecule is CCN(CC)CCOC(=O)COc1ccc(Cl)cc1Cl. The van der Waals surface area contributed by atoms with Gasteiger partial charge in [-0.25, -0.2) is 4.79 Å². The lowest BCUT2D eigenvalue weighted by molar-refractivity contribution is -0.146. The predicted octanol–water partition coefficient (Wildman–Crippen LogP) is 3.26. The maximum Gasteiger partial charge on any atom is 0.344 e. The van der Waals surface area contributed by atoms with E-state index >= 15 is 0 Å². The maximum absolute atomic E-state index is 11.5. The molecule has 0 heterocycles. The third kappa shape index (κ3) is 5.99. The average Bonchev–Trinajstić information content (AvgIpc) is 2.42. The van der Waals surface area contributed by atoms with Gasteiger partial charge in [-0.15, -0.1) is 0 Å². The molecule has 20 heavy (non-hydrogen) atoms. The number of hydrogen-bond acceptors (Lipinski definition) is 4.